The van der Waals surface area contributed by atoms with E-state index in [2.05, 4.69) is 0 Å². The van der Waals surface area contributed by atoms with Crippen LogP contribution in [0.2, 0.25) is 0 Å². The first kappa shape index (κ1) is 22.4. The number of thioether (sulfide) groups is 1. The summed E-state index contributed by atoms with van der Waals surface area (Å²) in [5, 5.41) is 10.1. The smallest absolute Gasteiger partial charge is 0.311 e. The molecular weight excluding hydrogens is 416 g/mol. The van der Waals surface area contributed by atoms with Crippen LogP contribution < -0.4 is 0 Å². The van der Waals surface area contributed by atoms with E-state index in [0.29, 0.717) is 13.0 Å². The largest absolute Gasteiger partial charge is 0.461 e. The molecule has 1 N–H and O–H groups in total. The number of hydrogen-bond donors (Lipinski definition) is 1. The van der Waals surface area contributed by atoms with Gasteiger partial charge in [0.05, 0.1) is 29.2 Å². The second-order valence-electron chi connectivity index (χ2n) is 10.0. The highest BCUT2D eigenvalue weighted by atomic mass is 32.2. The Labute approximate surface area is 187 Å². The molecule has 0 aromatic rings. The van der Waals surface area contributed by atoms with Crippen LogP contribution in [0.1, 0.15) is 41.0 Å². The van der Waals surface area contributed by atoms with Crippen LogP contribution in [-0.4, -0.2) is 79.6 Å². The lowest BCUT2D eigenvalue weighted by Crippen LogP contribution is -2.59. The van der Waals surface area contributed by atoms with Crippen LogP contribution >= 0.6 is 11.8 Å². The predicted molar refractivity (Wildman–Crippen MR) is 118 cm³/mol. The molecule has 0 aromatic carbocycles. The van der Waals surface area contributed by atoms with Gasteiger partial charge in [-0.05, 0) is 40.2 Å². The van der Waals surface area contributed by atoms with Gasteiger partial charge in [-0.1, -0.05) is 25.2 Å². The fourth-order valence-corrected chi connectivity index (χ4v) is 7.85. The standard InChI is InChI=1S/C23H32N2O5S/c1-6-14(13-26)25-17-19(28)24(21(2,3)4)11-7-10-23(17)15(18(25)27)16-20(29)30-12-8-9-22(16,5)31-23/h7-10,14-17,26H,6,11-13H2,1-5H3/t14-,15-,16+,17?,22-,23-/m0/s1. The monoisotopic (exact) mass is 448 g/mol. The summed E-state index contributed by atoms with van der Waals surface area (Å²) in [7, 11) is 0. The molecule has 0 saturated carbocycles. The molecule has 4 aliphatic rings. The van der Waals surface area contributed by atoms with Crippen LogP contribution in [0.5, 0.6) is 0 Å². The third kappa shape index (κ3) is 3.09. The quantitative estimate of drug-likeness (QED) is 0.523. The number of aliphatic hydroxyl groups excluding tert-OH is 1. The number of nitrogens with zero attached hydrogens (tertiary/aromatic N) is 2. The Morgan fingerprint density at radius 2 is 1.90 bits per heavy atom. The van der Waals surface area contributed by atoms with E-state index in [1.54, 1.807) is 9.80 Å². The van der Waals surface area contributed by atoms with Gasteiger partial charge in [-0.2, -0.15) is 0 Å². The van der Waals surface area contributed by atoms with Gasteiger partial charge in [0.15, 0.2) is 0 Å². The van der Waals surface area contributed by atoms with Gasteiger partial charge in [-0.3, -0.25) is 14.4 Å². The van der Waals surface area contributed by atoms with Gasteiger partial charge in [0.1, 0.15) is 12.6 Å². The lowest BCUT2D eigenvalue weighted by atomic mass is 9.75. The van der Waals surface area contributed by atoms with E-state index in [-0.39, 0.29) is 25.0 Å². The third-order valence-electron chi connectivity index (χ3n) is 7.14. The molecule has 31 heavy (non-hydrogen) atoms. The van der Waals surface area contributed by atoms with Crippen molar-refractivity contribution in [2.45, 2.75) is 68.2 Å². The molecular formula is C23H32N2O5S. The predicted octanol–water partition coefficient (Wildman–Crippen LogP) is 1.75. The Morgan fingerprint density at radius 1 is 1.19 bits per heavy atom. The van der Waals surface area contributed by atoms with Gasteiger partial charge in [0, 0.05) is 16.8 Å². The molecule has 8 heteroatoms. The SMILES string of the molecule is CC[C@@H](CO)N1C(=O)[C@@H]2[C@@H]3C(=O)OCC=C[C@]3(C)S[C@@]23C=CCN(C(C)(C)C)C(=O)C13. The van der Waals surface area contributed by atoms with Crippen molar-refractivity contribution in [1.29, 1.82) is 0 Å². The zero-order chi connectivity index (χ0) is 22.8. The Bertz CT molecular complexity index is 861. The Kier molecular flexibility index (Phi) is 5.33. The van der Waals surface area contributed by atoms with E-state index < -0.39 is 44.9 Å². The average molecular weight is 449 g/mol. The number of cyclic esters (lactones) is 1. The summed E-state index contributed by atoms with van der Waals surface area (Å²) < 4.78 is 3.87. The van der Waals surface area contributed by atoms with Crippen LogP contribution in [0.25, 0.3) is 0 Å². The molecule has 2 saturated heterocycles. The number of likely N-dealkylation sites (tertiary alicyclic amines) is 1. The van der Waals surface area contributed by atoms with Crippen LogP contribution in [-0.2, 0) is 19.1 Å². The zero-order valence-electron chi connectivity index (χ0n) is 18.8. The number of carbonyl (C=O) groups excluding carboxylic acids is 3. The molecule has 0 bridgehead atoms. The molecule has 4 rings (SSSR count). The van der Waals surface area contributed by atoms with Crippen molar-refractivity contribution in [3.63, 3.8) is 0 Å². The summed E-state index contributed by atoms with van der Waals surface area (Å²) in [6, 6.07) is -1.27. The van der Waals surface area contributed by atoms with E-state index in [4.69, 9.17) is 4.74 Å². The molecule has 4 heterocycles. The highest BCUT2D eigenvalue weighted by Crippen LogP contribution is 2.65. The summed E-state index contributed by atoms with van der Waals surface area (Å²) in [4.78, 5) is 44.4. The number of ether oxygens (including phenoxy) is 1. The number of rotatable bonds is 3. The van der Waals surface area contributed by atoms with Crippen molar-refractivity contribution in [1.82, 2.24) is 9.80 Å². The fourth-order valence-electron chi connectivity index (χ4n) is 5.71. The van der Waals surface area contributed by atoms with Gasteiger partial charge in [-0.25, -0.2) is 0 Å². The van der Waals surface area contributed by atoms with E-state index in [1.807, 2.05) is 58.9 Å². The normalized spacial score (nSPS) is 38.4. The summed E-state index contributed by atoms with van der Waals surface area (Å²) in [5.41, 5.74) is -0.434. The number of fused-ring (bicyclic) bond motifs is 2. The second kappa shape index (κ2) is 7.37. The van der Waals surface area contributed by atoms with Gasteiger partial charge in [0.25, 0.3) is 0 Å². The van der Waals surface area contributed by atoms with Crippen molar-refractivity contribution in [2.24, 2.45) is 11.8 Å². The second-order valence-corrected chi connectivity index (χ2v) is 11.8. The molecule has 4 aliphatic heterocycles. The van der Waals surface area contributed by atoms with Crippen LogP contribution in [0.3, 0.4) is 0 Å². The third-order valence-corrected chi connectivity index (χ3v) is 8.93. The first-order chi connectivity index (χ1) is 14.5. The molecule has 7 nitrogen and oxygen atoms in total. The maximum absolute atomic E-state index is 14.0. The van der Waals surface area contributed by atoms with Crippen LogP contribution in [0, 0.1) is 11.8 Å². The Morgan fingerprint density at radius 3 is 2.52 bits per heavy atom. The topological polar surface area (TPSA) is 87.2 Å². The molecule has 0 aromatic heterocycles. The maximum Gasteiger partial charge on any atom is 0.311 e. The number of esters is 1. The minimum absolute atomic E-state index is 0.134. The lowest BCUT2D eigenvalue weighted by Gasteiger charge is -2.42. The van der Waals surface area contributed by atoms with E-state index >= 15 is 0 Å². The molecule has 1 spiro atoms. The van der Waals surface area contributed by atoms with Gasteiger partial charge in [-0.15, -0.1) is 11.8 Å². The van der Waals surface area contributed by atoms with Crippen molar-refractivity contribution in [2.75, 3.05) is 19.8 Å². The van der Waals surface area contributed by atoms with Gasteiger partial charge >= 0.3 is 5.97 Å². The summed E-state index contributed by atoms with van der Waals surface area (Å²) in [6.45, 7) is 10.2. The van der Waals surface area contributed by atoms with Gasteiger partial charge in [0.2, 0.25) is 11.8 Å². The molecule has 1 unspecified atom stereocenters. The Balaban J connectivity index is 1.93. The van der Waals surface area contributed by atoms with Crippen molar-refractivity contribution >= 4 is 29.5 Å². The fraction of sp³-hybridized carbons (Fsp3) is 0.696. The van der Waals surface area contributed by atoms with E-state index in [9.17, 15) is 19.5 Å². The Hall–Kier alpha value is -1.80. The van der Waals surface area contributed by atoms with Crippen molar-refractivity contribution in [3.8, 4) is 0 Å². The highest BCUT2D eigenvalue weighted by molar-refractivity contribution is 8.02. The number of carbonyl (C=O) groups is 3. The minimum Gasteiger partial charge on any atom is -0.461 e. The number of aliphatic hydroxyl groups is 1. The van der Waals surface area contributed by atoms with Crippen LogP contribution in [0.15, 0.2) is 24.3 Å². The molecule has 2 fully saturated rings. The summed E-state index contributed by atoms with van der Waals surface area (Å²) >= 11 is 1.53. The first-order valence-electron chi connectivity index (χ1n) is 11.0. The first-order valence-corrected chi connectivity index (χ1v) is 11.8. The maximum atomic E-state index is 14.0. The molecule has 0 radical (unpaired) electrons. The average Bonchev–Trinajstić information content (AvgIpc) is 2.93. The van der Waals surface area contributed by atoms with E-state index in [0.717, 1.165) is 0 Å². The molecule has 0 aliphatic carbocycles. The minimum atomic E-state index is -0.892. The molecule has 6 atom stereocenters. The van der Waals surface area contributed by atoms with Crippen molar-refractivity contribution in [3.05, 3.63) is 24.3 Å². The number of amides is 2. The van der Waals surface area contributed by atoms with Crippen molar-refractivity contribution < 1.29 is 24.2 Å². The van der Waals surface area contributed by atoms with Crippen LogP contribution in [0.4, 0.5) is 0 Å². The zero-order valence-corrected chi connectivity index (χ0v) is 19.6. The highest BCUT2D eigenvalue weighted by Gasteiger charge is 2.74. The van der Waals surface area contributed by atoms with Gasteiger partial charge < -0.3 is 19.6 Å². The summed E-state index contributed by atoms with van der Waals surface area (Å²) in [6.07, 6.45) is 8.25. The molecule has 170 valence electrons. The van der Waals surface area contributed by atoms with E-state index in [1.165, 1.54) is 11.8 Å². The number of hydrogen-bond acceptors (Lipinski definition) is 6. The summed E-state index contributed by atoms with van der Waals surface area (Å²) in [5.74, 6) is -2.18. The lowest BCUT2D eigenvalue weighted by molar-refractivity contribution is -0.153. The molecule has 2 amide bonds.